The Bertz CT molecular complexity index is 728. The molecule has 0 amide bonds. The predicted octanol–water partition coefficient (Wildman–Crippen LogP) is 4.04. The summed E-state index contributed by atoms with van der Waals surface area (Å²) in [6.07, 6.45) is 0. The van der Waals surface area contributed by atoms with Gasteiger partial charge in [-0.25, -0.2) is 4.39 Å². The van der Waals surface area contributed by atoms with Gasteiger partial charge in [-0.15, -0.1) is 0 Å². The lowest BCUT2D eigenvalue weighted by Crippen LogP contribution is -2.00. The average molecular weight is 289 g/mol. The smallest absolute Gasteiger partial charge is 0.273 e. The van der Waals surface area contributed by atoms with Gasteiger partial charge in [-0.2, -0.15) is 0 Å². The van der Waals surface area contributed by atoms with E-state index >= 15 is 0 Å². The van der Waals surface area contributed by atoms with Gasteiger partial charge in [0.05, 0.1) is 16.6 Å². The molecule has 0 bridgehead atoms. The van der Waals surface area contributed by atoms with E-state index in [1.807, 2.05) is 0 Å². The number of carbonyl (C=O) groups is 1. The number of para-hydroxylation sites is 1. The molecule has 2 aromatic carbocycles. The van der Waals surface area contributed by atoms with Gasteiger partial charge >= 0.3 is 0 Å². The van der Waals surface area contributed by atoms with Gasteiger partial charge in [0.25, 0.3) is 5.69 Å². The molecule has 108 valence electrons. The fourth-order valence-electron chi connectivity index (χ4n) is 1.81. The fraction of sp³-hybridized carbons (Fsp3) is 0.133. The molecule has 0 spiro atoms. The lowest BCUT2D eigenvalue weighted by molar-refractivity contribution is -0.384. The standard InChI is InChI=1S/C15H12FNO4/c1-9-6-7-11(17(19)20)8-14(9)21-15-12(10(2)18)4-3-5-13(15)16/h3-8H,1-2H3. The highest BCUT2D eigenvalue weighted by molar-refractivity contribution is 5.97. The van der Waals surface area contributed by atoms with Crippen LogP contribution < -0.4 is 4.74 Å². The third kappa shape index (κ3) is 3.05. The van der Waals surface area contributed by atoms with Crippen molar-refractivity contribution in [2.24, 2.45) is 0 Å². The number of nitro benzene ring substituents is 1. The number of benzene rings is 2. The van der Waals surface area contributed by atoms with Crippen molar-refractivity contribution in [3.63, 3.8) is 0 Å². The zero-order valence-electron chi connectivity index (χ0n) is 11.4. The Morgan fingerprint density at radius 1 is 1.29 bits per heavy atom. The number of nitro groups is 1. The van der Waals surface area contributed by atoms with E-state index < -0.39 is 10.7 Å². The van der Waals surface area contributed by atoms with Gasteiger partial charge in [0.1, 0.15) is 5.75 Å². The molecule has 0 saturated carbocycles. The monoisotopic (exact) mass is 289 g/mol. The van der Waals surface area contributed by atoms with Crippen molar-refractivity contribution in [2.75, 3.05) is 0 Å². The summed E-state index contributed by atoms with van der Waals surface area (Å²) in [6, 6.07) is 8.03. The van der Waals surface area contributed by atoms with Gasteiger partial charge in [-0.1, -0.05) is 6.07 Å². The Morgan fingerprint density at radius 2 is 2.00 bits per heavy atom. The van der Waals surface area contributed by atoms with Crippen LogP contribution >= 0.6 is 0 Å². The van der Waals surface area contributed by atoms with Gasteiger partial charge < -0.3 is 4.74 Å². The van der Waals surface area contributed by atoms with Crippen molar-refractivity contribution in [1.82, 2.24) is 0 Å². The molecule has 0 heterocycles. The van der Waals surface area contributed by atoms with Crippen LogP contribution in [0.3, 0.4) is 0 Å². The van der Waals surface area contributed by atoms with E-state index in [0.29, 0.717) is 5.56 Å². The van der Waals surface area contributed by atoms with Crippen LogP contribution in [0.5, 0.6) is 11.5 Å². The number of nitrogens with zero attached hydrogens (tertiary/aromatic N) is 1. The summed E-state index contributed by atoms with van der Waals surface area (Å²) < 4.78 is 19.3. The van der Waals surface area contributed by atoms with Crippen molar-refractivity contribution in [2.45, 2.75) is 13.8 Å². The molecule has 6 heteroatoms. The third-order valence-corrected chi connectivity index (χ3v) is 2.94. The molecule has 21 heavy (non-hydrogen) atoms. The SMILES string of the molecule is CC(=O)c1cccc(F)c1Oc1cc([N+](=O)[O-])ccc1C. The molecule has 0 N–H and O–H groups in total. The van der Waals surface area contributed by atoms with Crippen molar-refractivity contribution < 1.29 is 18.8 Å². The van der Waals surface area contributed by atoms with E-state index in [1.165, 1.54) is 37.3 Å². The first-order chi connectivity index (χ1) is 9.90. The largest absolute Gasteiger partial charge is 0.453 e. The normalized spacial score (nSPS) is 10.2. The second-order valence-electron chi connectivity index (χ2n) is 4.48. The summed E-state index contributed by atoms with van der Waals surface area (Å²) in [5.74, 6) is -1.15. The summed E-state index contributed by atoms with van der Waals surface area (Å²) in [4.78, 5) is 21.7. The van der Waals surface area contributed by atoms with E-state index in [4.69, 9.17) is 4.74 Å². The highest BCUT2D eigenvalue weighted by Crippen LogP contribution is 2.32. The van der Waals surface area contributed by atoms with Crippen LogP contribution in [0, 0.1) is 22.9 Å². The number of ketones is 1. The van der Waals surface area contributed by atoms with Crippen LogP contribution in [0.2, 0.25) is 0 Å². The summed E-state index contributed by atoms with van der Waals surface area (Å²) in [5, 5.41) is 10.8. The Morgan fingerprint density at radius 3 is 2.62 bits per heavy atom. The van der Waals surface area contributed by atoms with E-state index in [1.54, 1.807) is 6.92 Å². The summed E-state index contributed by atoms with van der Waals surface area (Å²) in [5.41, 5.74) is 0.510. The average Bonchev–Trinajstić information content (AvgIpc) is 2.42. The molecule has 0 aliphatic rings. The lowest BCUT2D eigenvalue weighted by Gasteiger charge is -2.12. The van der Waals surface area contributed by atoms with Gasteiger partial charge in [0, 0.05) is 6.07 Å². The van der Waals surface area contributed by atoms with Crippen LogP contribution in [-0.4, -0.2) is 10.7 Å². The molecule has 5 nitrogen and oxygen atoms in total. The van der Waals surface area contributed by atoms with Crippen molar-refractivity contribution in [1.29, 1.82) is 0 Å². The molecule has 0 aromatic heterocycles. The predicted molar refractivity (Wildman–Crippen MR) is 74.3 cm³/mol. The molecular formula is C15H12FNO4. The van der Waals surface area contributed by atoms with Gasteiger partial charge in [0.15, 0.2) is 17.3 Å². The second-order valence-corrected chi connectivity index (χ2v) is 4.48. The first kappa shape index (κ1) is 14.6. The molecule has 0 fully saturated rings. The Balaban J connectivity index is 2.50. The first-order valence-electron chi connectivity index (χ1n) is 6.12. The Hall–Kier alpha value is -2.76. The number of carbonyl (C=O) groups excluding carboxylic acids is 1. The maximum atomic E-state index is 13.9. The molecule has 0 aliphatic heterocycles. The van der Waals surface area contributed by atoms with E-state index in [2.05, 4.69) is 0 Å². The molecule has 2 rings (SSSR count). The summed E-state index contributed by atoms with van der Waals surface area (Å²) in [6.45, 7) is 2.97. The maximum absolute atomic E-state index is 13.9. The van der Waals surface area contributed by atoms with Gasteiger partial charge in [0.2, 0.25) is 0 Å². The van der Waals surface area contributed by atoms with Crippen LogP contribution in [0.4, 0.5) is 10.1 Å². The molecular weight excluding hydrogens is 277 g/mol. The number of hydrogen-bond donors (Lipinski definition) is 0. The minimum atomic E-state index is -0.700. The number of non-ortho nitro benzene ring substituents is 1. The van der Waals surface area contributed by atoms with E-state index in [0.717, 1.165) is 6.07 Å². The number of aryl methyl sites for hydroxylation is 1. The first-order valence-corrected chi connectivity index (χ1v) is 6.12. The van der Waals surface area contributed by atoms with Gasteiger partial charge in [-0.05, 0) is 37.6 Å². The molecule has 0 atom stereocenters. The molecule has 2 aromatic rings. The van der Waals surface area contributed by atoms with Crippen LogP contribution in [0.25, 0.3) is 0 Å². The summed E-state index contributed by atoms with van der Waals surface area (Å²) >= 11 is 0. The van der Waals surface area contributed by atoms with Crippen LogP contribution in [-0.2, 0) is 0 Å². The molecule has 0 radical (unpaired) electrons. The lowest BCUT2D eigenvalue weighted by atomic mass is 10.1. The van der Waals surface area contributed by atoms with E-state index in [-0.39, 0.29) is 28.5 Å². The quantitative estimate of drug-likeness (QED) is 0.484. The Labute approximate surface area is 120 Å². The zero-order valence-corrected chi connectivity index (χ0v) is 11.4. The van der Waals surface area contributed by atoms with E-state index in [9.17, 15) is 19.3 Å². The third-order valence-electron chi connectivity index (χ3n) is 2.94. The molecule has 0 aliphatic carbocycles. The summed E-state index contributed by atoms with van der Waals surface area (Å²) in [7, 11) is 0. The Kier molecular flexibility index (Phi) is 3.98. The molecule has 0 saturated heterocycles. The number of halogens is 1. The highest BCUT2D eigenvalue weighted by Gasteiger charge is 2.17. The molecule has 0 unspecified atom stereocenters. The van der Waals surface area contributed by atoms with Crippen molar-refractivity contribution >= 4 is 11.5 Å². The number of Topliss-reactive ketones (excluding diaryl/α,β-unsaturated/α-hetero) is 1. The minimum Gasteiger partial charge on any atom is -0.453 e. The topological polar surface area (TPSA) is 69.4 Å². The van der Waals surface area contributed by atoms with Crippen LogP contribution in [0.1, 0.15) is 22.8 Å². The minimum absolute atomic E-state index is 0.0842. The fourth-order valence-corrected chi connectivity index (χ4v) is 1.81. The number of rotatable bonds is 4. The zero-order chi connectivity index (χ0) is 15.6. The van der Waals surface area contributed by atoms with Crippen molar-refractivity contribution in [3.8, 4) is 11.5 Å². The number of ether oxygens (including phenoxy) is 1. The van der Waals surface area contributed by atoms with Crippen LogP contribution in [0.15, 0.2) is 36.4 Å². The maximum Gasteiger partial charge on any atom is 0.273 e. The second kappa shape index (κ2) is 5.70. The van der Waals surface area contributed by atoms with Gasteiger partial charge in [-0.3, -0.25) is 14.9 Å². The number of hydrogen-bond acceptors (Lipinski definition) is 4. The highest BCUT2D eigenvalue weighted by atomic mass is 19.1. The van der Waals surface area contributed by atoms with Crippen molar-refractivity contribution in [3.05, 3.63) is 63.5 Å².